The number of nitrogens with zero attached hydrogens (tertiary/aromatic N) is 1. The lowest BCUT2D eigenvalue weighted by molar-refractivity contribution is 0.607. The number of fused-ring (bicyclic) bond motifs is 1. The molecule has 1 aromatic carbocycles. The normalized spacial score (nSPS) is 11.8. The molecule has 0 spiro atoms. The lowest BCUT2D eigenvalue weighted by Crippen LogP contribution is -2.13. The van der Waals surface area contributed by atoms with Crippen molar-refractivity contribution >= 4 is 16.7 Å². The van der Waals surface area contributed by atoms with Gasteiger partial charge in [-0.05, 0) is 35.1 Å². The summed E-state index contributed by atoms with van der Waals surface area (Å²) >= 11 is 0. The van der Waals surface area contributed by atoms with Crippen molar-refractivity contribution in [2.75, 3.05) is 19.0 Å². The summed E-state index contributed by atoms with van der Waals surface area (Å²) < 4.78 is 5.71. The first kappa shape index (κ1) is 13.0. The van der Waals surface area contributed by atoms with Gasteiger partial charge in [0, 0.05) is 19.5 Å². The summed E-state index contributed by atoms with van der Waals surface area (Å²) in [5.74, 6) is 0.992. The Morgan fingerprint density at radius 3 is 2.11 bits per heavy atom. The number of rotatable bonds is 3. The van der Waals surface area contributed by atoms with Crippen LogP contribution >= 0.6 is 0 Å². The third-order valence-electron chi connectivity index (χ3n) is 3.46. The van der Waals surface area contributed by atoms with E-state index in [2.05, 4.69) is 58.8 Å². The lowest BCUT2D eigenvalue weighted by atomic mass is 9.91. The highest BCUT2D eigenvalue weighted by Gasteiger charge is 2.19. The minimum absolute atomic E-state index is 0.479. The first-order valence-electron chi connectivity index (χ1n) is 6.64. The minimum Gasteiger partial charge on any atom is -0.464 e. The molecule has 0 N–H and O–H groups in total. The van der Waals surface area contributed by atoms with Crippen molar-refractivity contribution in [3.8, 4) is 0 Å². The van der Waals surface area contributed by atoms with Crippen LogP contribution < -0.4 is 4.90 Å². The Morgan fingerprint density at radius 2 is 1.61 bits per heavy atom. The van der Waals surface area contributed by atoms with E-state index in [0.717, 1.165) is 5.58 Å². The molecule has 0 bridgehead atoms. The average molecular weight is 245 g/mol. The van der Waals surface area contributed by atoms with Gasteiger partial charge in [-0.25, -0.2) is 0 Å². The van der Waals surface area contributed by atoms with Gasteiger partial charge in [0.15, 0.2) is 0 Å². The quantitative estimate of drug-likeness (QED) is 0.776. The maximum atomic E-state index is 5.71. The summed E-state index contributed by atoms with van der Waals surface area (Å²) in [6.07, 6.45) is 1.80. The van der Waals surface area contributed by atoms with Crippen molar-refractivity contribution in [1.82, 2.24) is 0 Å². The Morgan fingerprint density at radius 1 is 1.00 bits per heavy atom. The van der Waals surface area contributed by atoms with Crippen LogP contribution in [0.25, 0.3) is 11.0 Å². The number of furan rings is 1. The van der Waals surface area contributed by atoms with Gasteiger partial charge in [-0.2, -0.15) is 0 Å². The van der Waals surface area contributed by atoms with Crippen molar-refractivity contribution in [3.05, 3.63) is 29.5 Å². The van der Waals surface area contributed by atoms with E-state index in [4.69, 9.17) is 4.42 Å². The molecular weight excluding hydrogens is 222 g/mol. The average Bonchev–Trinajstić information content (AvgIpc) is 2.73. The van der Waals surface area contributed by atoms with E-state index >= 15 is 0 Å². The topological polar surface area (TPSA) is 16.4 Å². The lowest BCUT2D eigenvalue weighted by Gasteiger charge is -2.23. The molecule has 18 heavy (non-hydrogen) atoms. The summed E-state index contributed by atoms with van der Waals surface area (Å²) in [6.45, 7) is 8.93. The minimum atomic E-state index is 0.479. The van der Waals surface area contributed by atoms with E-state index in [9.17, 15) is 0 Å². The fourth-order valence-corrected chi connectivity index (χ4v) is 2.54. The van der Waals surface area contributed by atoms with E-state index in [-0.39, 0.29) is 0 Å². The van der Waals surface area contributed by atoms with E-state index < -0.39 is 0 Å². The molecule has 0 aliphatic rings. The van der Waals surface area contributed by atoms with Crippen molar-refractivity contribution in [1.29, 1.82) is 0 Å². The Labute approximate surface area is 110 Å². The maximum Gasteiger partial charge on any atom is 0.139 e. The predicted molar refractivity (Wildman–Crippen MR) is 78.7 cm³/mol. The molecule has 0 amide bonds. The summed E-state index contributed by atoms with van der Waals surface area (Å²) in [5, 5.41) is 1.23. The zero-order valence-corrected chi connectivity index (χ0v) is 12.2. The molecule has 2 rings (SSSR count). The van der Waals surface area contributed by atoms with Crippen LogP contribution in [0, 0.1) is 0 Å². The molecule has 0 atom stereocenters. The van der Waals surface area contributed by atoms with E-state index in [1.807, 2.05) is 0 Å². The molecule has 0 saturated heterocycles. The molecule has 0 radical (unpaired) electrons. The summed E-state index contributed by atoms with van der Waals surface area (Å²) in [4.78, 5) is 2.19. The molecule has 1 aromatic heterocycles. The third-order valence-corrected chi connectivity index (χ3v) is 3.46. The monoisotopic (exact) mass is 245 g/mol. The molecule has 2 aromatic rings. The van der Waals surface area contributed by atoms with Crippen molar-refractivity contribution in [2.24, 2.45) is 0 Å². The molecular formula is C16H23NO. The summed E-state index contributed by atoms with van der Waals surface area (Å²) in [7, 11) is 4.20. The van der Waals surface area contributed by atoms with Crippen LogP contribution in [-0.2, 0) is 0 Å². The Balaban J connectivity index is 2.84. The Bertz CT molecular complexity index is 549. The fraction of sp³-hybridized carbons (Fsp3) is 0.500. The van der Waals surface area contributed by atoms with Crippen molar-refractivity contribution in [3.63, 3.8) is 0 Å². The van der Waals surface area contributed by atoms with Gasteiger partial charge in [0.25, 0.3) is 0 Å². The standard InChI is InChI=1S/C16H23NO/c1-10(2)13-9-14(11(3)4)16-12(7-8-18-16)15(13)17(5)6/h7-11H,1-6H3. The smallest absolute Gasteiger partial charge is 0.139 e. The number of anilines is 1. The fourth-order valence-electron chi connectivity index (χ4n) is 2.54. The number of hydrogen-bond donors (Lipinski definition) is 0. The van der Waals surface area contributed by atoms with Crippen LogP contribution in [0.5, 0.6) is 0 Å². The predicted octanol–water partition coefficient (Wildman–Crippen LogP) is 4.75. The highest BCUT2D eigenvalue weighted by molar-refractivity contribution is 5.95. The van der Waals surface area contributed by atoms with Crippen LogP contribution in [-0.4, -0.2) is 14.1 Å². The van der Waals surface area contributed by atoms with Gasteiger partial charge in [0.05, 0.1) is 12.0 Å². The van der Waals surface area contributed by atoms with Crippen LogP contribution in [0.3, 0.4) is 0 Å². The highest BCUT2D eigenvalue weighted by atomic mass is 16.3. The first-order chi connectivity index (χ1) is 8.43. The molecule has 2 nitrogen and oxygen atoms in total. The Hall–Kier alpha value is -1.44. The zero-order valence-electron chi connectivity index (χ0n) is 12.2. The van der Waals surface area contributed by atoms with Gasteiger partial charge >= 0.3 is 0 Å². The second-order valence-electron chi connectivity index (χ2n) is 5.77. The molecule has 1 heterocycles. The largest absolute Gasteiger partial charge is 0.464 e. The van der Waals surface area contributed by atoms with E-state index in [0.29, 0.717) is 11.8 Å². The van der Waals surface area contributed by atoms with Gasteiger partial charge in [-0.15, -0.1) is 0 Å². The van der Waals surface area contributed by atoms with Gasteiger partial charge < -0.3 is 9.32 Å². The molecule has 0 aliphatic carbocycles. The second kappa shape index (κ2) is 4.68. The number of hydrogen-bond acceptors (Lipinski definition) is 2. The van der Waals surface area contributed by atoms with Crippen molar-refractivity contribution in [2.45, 2.75) is 39.5 Å². The summed E-state index contributed by atoms with van der Waals surface area (Å²) in [5.41, 5.74) is 5.04. The van der Waals surface area contributed by atoms with Crippen LogP contribution in [0.2, 0.25) is 0 Å². The first-order valence-corrected chi connectivity index (χ1v) is 6.64. The Kier molecular flexibility index (Phi) is 3.38. The van der Waals surface area contributed by atoms with Crippen LogP contribution in [0.15, 0.2) is 22.8 Å². The summed E-state index contributed by atoms with van der Waals surface area (Å²) in [6, 6.07) is 4.40. The van der Waals surface area contributed by atoms with Gasteiger partial charge in [-0.1, -0.05) is 27.7 Å². The third kappa shape index (κ3) is 2.00. The maximum absolute atomic E-state index is 5.71. The van der Waals surface area contributed by atoms with Gasteiger partial charge in [0.2, 0.25) is 0 Å². The molecule has 2 heteroatoms. The van der Waals surface area contributed by atoms with Crippen molar-refractivity contribution < 1.29 is 4.42 Å². The molecule has 0 unspecified atom stereocenters. The number of benzene rings is 1. The van der Waals surface area contributed by atoms with Crippen LogP contribution in [0.4, 0.5) is 5.69 Å². The highest BCUT2D eigenvalue weighted by Crippen LogP contribution is 2.39. The van der Waals surface area contributed by atoms with E-state index in [1.165, 1.54) is 22.2 Å². The van der Waals surface area contributed by atoms with Gasteiger partial charge in [-0.3, -0.25) is 0 Å². The molecule has 0 fully saturated rings. The molecule has 98 valence electrons. The molecule has 0 aliphatic heterocycles. The second-order valence-corrected chi connectivity index (χ2v) is 5.77. The van der Waals surface area contributed by atoms with Gasteiger partial charge in [0.1, 0.15) is 5.58 Å². The molecule has 0 saturated carbocycles. The SMILES string of the molecule is CC(C)c1cc(C(C)C)c2occc2c1N(C)C. The zero-order chi connectivity index (χ0) is 13.4. The van der Waals surface area contributed by atoms with Crippen LogP contribution in [0.1, 0.15) is 50.7 Å². The van der Waals surface area contributed by atoms with E-state index in [1.54, 1.807) is 6.26 Å².